The predicted octanol–water partition coefficient (Wildman–Crippen LogP) is 1.41. The molecule has 0 aliphatic carbocycles. The molecule has 8 heteroatoms. The van der Waals surface area contributed by atoms with E-state index in [1.54, 1.807) is 0 Å². The molecule has 1 amide bonds. The van der Waals surface area contributed by atoms with Crippen molar-refractivity contribution in [1.82, 2.24) is 10.0 Å². The fourth-order valence-electron chi connectivity index (χ4n) is 1.52. The molecule has 0 bridgehead atoms. The summed E-state index contributed by atoms with van der Waals surface area (Å²) in [5.41, 5.74) is 0.276. The summed E-state index contributed by atoms with van der Waals surface area (Å²) < 4.78 is 26.4. The summed E-state index contributed by atoms with van der Waals surface area (Å²) in [4.78, 5) is 11.3. The second-order valence-corrected chi connectivity index (χ2v) is 6.40. The van der Waals surface area contributed by atoms with Gasteiger partial charge in [0.05, 0.1) is 16.7 Å². The molecule has 0 radical (unpaired) electrons. The molecule has 0 unspecified atom stereocenters. The molecule has 21 heavy (non-hydrogen) atoms. The highest BCUT2D eigenvalue weighted by atomic mass is 35.5. The fourth-order valence-corrected chi connectivity index (χ4v) is 3.09. The summed E-state index contributed by atoms with van der Waals surface area (Å²) >= 11 is 5.85. The van der Waals surface area contributed by atoms with Crippen LogP contribution in [0.3, 0.4) is 0 Å². The number of amides is 1. The van der Waals surface area contributed by atoms with E-state index in [2.05, 4.69) is 10.0 Å². The predicted molar refractivity (Wildman–Crippen MR) is 79.3 cm³/mol. The van der Waals surface area contributed by atoms with Crippen molar-refractivity contribution >= 4 is 27.5 Å². The van der Waals surface area contributed by atoms with Gasteiger partial charge < -0.3 is 5.32 Å². The molecule has 1 aromatic carbocycles. The van der Waals surface area contributed by atoms with Crippen molar-refractivity contribution in [2.75, 3.05) is 13.1 Å². The standard InChI is InChI=1S/C13H16ClN3O3S/c1-2-6-16-13(18)5-7-17-21(19,20)12-4-3-10(9-15)8-11(12)14/h3-4,8,17H,2,5-7H2,1H3,(H,16,18). The zero-order valence-corrected chi connectivity index (χ0v) is 13.1. The number of carbonyl (C=O) groups excluding carboxylic acids is 1. The Hall–Kier alpha value is -1.62. The molecule has 0 aromatic heterocycles. The van der Waals surface area contributed by atoms with Crippen LogP contribution in [0.15, 0.2) is 23.1 Å². The lowest BCUT2D eigenvalue weighted by Crippen LogP contribution is -2.31. The summed E-state index contributed by atoms with van der Waals surface area (Å²) in [5, 5.41) is 11.3. The highest BCUT2D eigenvalue weighted by Crippen LogP contribution is 2.22. The van der Waals surface area contributed by atoms with E-state index >= 15 is 0 Å². The van der Waals surface area contributed by atoms with Gasteiger partial charge in [-0.15, -0.1) is 0 Å². The quantitative estimate of drug-likeness (QED) is 0.790. The molecule has 0 heterocycles. The van der Waals surface area contributed by atoms with Crippen molar-refractivity contribution in [3.05, 3.63) is 28.8 Å². The molecule has 0 saturated carbocycles. The molecule has 1 rings (SSSR count). The number of nitrogens with one attached hydrogen (secondary N) is 2. The van der Waals surface area contributed by atoms with Gasteiger partial charge in [0.25, 0.3) is 0 Å². The molecule has 2 N–H and O–H groups in total. The Morgan fingerprint density at radius 1 is 1.38 bits per heavy atom. The number of hydrogen-bond donors (Lipinski definition) is 2. The van der Waals surface area contributed by atoms with Gasteiger partial charge in [-0.3, -0.25) is 4.79 Å². The second kappa shape index (κ2) is 7.98. The average molecular weight is 330 g/mol. The minimum Gasteiger partial charge on any atom is -0.356 e. The highest BCUT2D eigenvalue weighted by Gasteiger charge is 2.18. The number of sulfonamides is 1. The first-order valence-corrected chi connectivity index (χ1v) is 8.23. The summed E-state index contributed by atoms with van der Waals surface area (Å²) in [6.07, 6.45) is 0.867. The minimum atomic E-state index is -3.80. The molecule has 0 saturated heterocycles. The lowest BCUT2D eigenvalue weighted by atomic mass is 10.2. The van der Waals surface area contributed by atoms with Crippen LogP contribution in [0, 0.1) is 11.3 Å². The Labute approximate surface area is 129 Å². The van der Waals surface area contributed by atoms with Crippen LogP contribution in [0.5, 0.6) is 0 Å². The lowest BCUT2D eigenvalue weighted by Gasteiger charge is -2.08. The van der Waals surface area contributed by atoms with Crippen LogP contribution in [0.25, 0.3) is 0 Å². The van der Waals surface area contributed by atoms with E-state index in [4.69, 9.17) is 16.9 Å². The summed E-state index contributed by atoms with van der Waals surface area (Å²) in [7, 11) is -3.80. The van der Waals surface area contributed by atoms with Crippen LogP contribution >= 0.6 is 11.6 Å². The Morgan fingerprint density at radius 3 is 2.67 bits per heavy atom. The normalized spacial score (nSPS) is 10.9. The van der Waals surface area contributed by atoms with Crippen LogP contribution < -0.4 is 10.0 Å². The van der Waals surface area contributed by atoms with Gasteiger partial charge in [0.2, 0.25) is 15.9 Å². The molecule has 6 nitrogen and oxygen atoms in total. The SMILES string of the molecule is CCCNC(=O)CCNS(=O)(=O)c1ccc(C#N)cc1Cl. The van der Waals surface area contributed by atoms with Crippen molar-refractivity contribution in [2.45, 2.75) is 24.7 Å². The Balaban J connectivity index is 2.66. The molecule has 0 spiro atoms. The zero-order chi connectivity index (χ0) is 15.9. The fraction of sp³-hybridized carbons (Fsp3) is 0.385. The van der Waals surface area contributed by atoms with Gasteiger partial charge in [-0.25, -0.2) is 13.1 Å². The van der Waals surface area contributed by atoms with Gasteiger partial charge >= 0.3 is 0 Å². The second-order valence-electron chi connectivity index (χ2n) is 4.25. The van der Waals surface area contributed by atoms with Gasteiger partial charge in [-0.1, -0.05) is 18.5 Å². The third-order valence-corrected chi connectivity index (χ3v) is 4.51. The van der Waals surface area contributed by atoms with Crippen LogP contribution in [0.4, 0.5) is 0 Å². The number of carbonyl (C=O) groups is 1. The Morgan fingerprint density at radius 2 is 2.10 bits per heavy atom. The van der Waals surface area contributed by atoms with Crippen molar-refractivity contribution < 1.29 is 13.2 Å². The topological polar surface area (TPSA) is 99.1 Å². The van der Waals surface area contributed by atoms with E-state index in [0.29, 0.717) is 6.54 Å². The van der Waals surface area contributed by atoms with Gasteiger partial charge in [-0.2, -0.15) is 5.26 Å². The van der Waals surface area contributed by atoms with E-state index < -0.39 is 10.0 Å². The maximum absolute atomic E-state index is 12.0. The largest absolute Gasteiger partial charge is 0.356 e. The first-order valence-electron chi connectivity index (χ1n) is 6.36. The number of hydrogen-bond acceptors (Lipinski definition) is 4. The number of benzene rings is 1. The van der Waals surface area contributed by atoms with Crippen LogP contribution in [-0.2, 0) is 14.8 Å². The third-order valence-electron chi connectivity index (χ3n) is 2.57. The summed E-state index contributed by atoms with van der Waals surface area (Å²) in [6.45, 7) is 2.47. The van der Waals surface area contributed by atoms with E-state index in [9.17, 15) is 13.2 Å². The molecular weight excluding hydrogens is 314 g/mol. The smallest absolute Gasteiger partial charge is 0.242 e. The highest BCUT2D eigenvalue weighted by molar-refractivity contribution is 7.89. The van der Waals surface area contributed by atoms with Crippen molar-refractivity contribution in [1.29, 1.82) is 5.26 Å². The monoisotopic (exact) mass is 329 g/mol. The van der Waals surface area contributed by atoms with Crippen molar-refractivity contribution in [2.24, 2.45) is 0 Å². The minimum absolute atomic E-state index is 0.0196. The van der Waals surface area contributed by atoms with E-state index in [1.165, 1.54) is 18.2 Å². The first kappa shape index (κ1) is 17.4. The van der Waals surface area contributed by atoms with Crippen LogP contribution in [0.2, 0.25) is 5.02 Å². The van der Waals surface area contributed by atoms with E-state index in [0.717, 1.165) is 6.42 Å². The van der Waals surface area contributed by atoms with Crippen LogP contribution in [0.1, 0.15) is 25.3 Å². The number of halogens is 1. The van der Waals surface area contributed by atoms with Crippen LogP contribution in [-0.4, -0.2) is 27.4 Å². The van der Waals surface area contributed by atoms with Gasteiger partial charge in [0.15, 0.2) is 0 Å². The maximum Gasteiger partial charge on any atom is 0.242 e. The first-order chi connectivity index (χ1) is 9.90. The zero-order valence-electron chi connectivity index (χ0n) is 11.5. The molecule has 1 aromatic rings. The average Bonchev–Trinajstić information content (AvgIpc) is 2.44. The molecule has 114 valence electrons. The van der Waals surface area contributed by atoms with Gasteiger partial charge in [0.1, 0.15) is 4.90 Å². The molecule has 0 atom stereocenters. The van der Waals surface area contributed by atoms with Gasteiger partial charge in [-0.05, 0) is 24.6 Å². The number of nitriles is 1. The summed E-state index contributed by atoms with van der Waals surface area (Å²) in [6, 6.07) is 5.79. The van der Waals surface area contributed by atoms with Crippen molar-refractivity contribution in [3.8, 4) is 6.07 Å². The third kappa shape index (κ3) is 5.34. The number of rotatable bonds is 7. The van der Waals surface area contributed by atoms with E-state index in [-0.39, 0.29) is 34.4 Å². The van der Waals surface area contributed by atoms with Crippen molar-refractivity contribution in [3.63, 3.8) is 0 Å². The number of nitrogens with zero attached hydrogens (tertiary/aromatic N) is 1. The van der Waals surface area contributed by atoms with Gasteiger partial charge in [0, 0.05) is 19.5 Å². The van der Waals surface area contributed by atoms with E-state index in [1.807, 2.05) is 13.0 Å². The summed E-state index contributed by atoms with van der Waals surface area (Å²) in [5.74, 6) is -0.217. The molecule has 0 aliphatic heterocycles. The Kier molecular flexibility index (Phi) is 6.62. The maximum atomic E-state index is 12.0. The lowest BCUT2D eigenvalue weighted by molar-refractivity contribution is -0.120. The Bertz CT molecular complexity index is 653. The molecule has 0 fully saturated rings. The molecular formula is C13H16ClN3O3S. The molecule has 0 aliphatic rings.